The average Bonchev–Trinajstić information content (AvgIpc) is 2.74. The molecule has 2 atom stereocenters. The predicted molar refractivity (Wildman–Crippen MR) is 38.8 cm³/mol. The zero-order valence-electron chi connectivity index (χ0n) is 6.87. The second kappa shape index (κ2) is 2.91. The Balaban J connectivity index is 2.59. The van der Waals surface area contributed by atoms with Gasteiger partial charge in [-0.25, -0.2) is 0 Å². The van der Waals surface area contributed by atoms with Crippen LogP contribution in [0.5, 0.6) is 0 Å². The third kappa shape index (κ3) is 1.17. The fraction of sp³-hybridized carbons (Fsp3) is 0.500. The number of carbonyl (C=O) groups is 2. The van der Waals surface area contributed by atoms with Crippen LogP contribution in [0, 0.1) is 18.4 Å². The number of hydrogen-bond acceptors (Lipinski definition) is 4. The summed E-state index contributed by atoms with van der Waals surface area (Å²) in [4.78, 5) is 21.8. The van der Waals surface area contributed by atoms with Crippen LogP contribution in [0.1, 0.15) is 0 Å². The van der Waals surface area contributed by atoms with Crippen LogP contribution in [-0.2, 0) is 19.1 Å². The molecule has 1 rings (SSSR count). The second-order valence-corrected chi connectivity index (χ2v) is 2.50. The lowest BCUT2D eigenvalue weighted by Gasteiger charge is -1.93. The maximum absolute atomic E-state index is 10.9. The average molecular weight is 169 g/mol. The molecule has 0 aromatic heterocycles. The molecule has 64 valence electrons. The van der Waals surface area contributed by atoms with Gasteiger partial charge in [-0.1, -0.05) is 0 Å². The Morgan fingerprint density at radius 3 is 1.75 bits per heavy atom. The number of rotatable bonds is 2. The number of ether oxygens (including phenoxy) is 2. The summed E-state index contributed by atoms with van der Waals surface area (Å²) in [5.41, 5.74) is 0.328. The van der Waals surface area contributed by atoms with Gasteiger partial charge in [0.2, 0.25) is 6.58 Å². The van der Waals surface area contributed by atoms with Gasteiger partial charge in [-0.2, -0.15) is 0 Å². The number of hydrogen-bond donors (Lipinski definition) is 0. The van der Waals surface area contributed by atoms with E-state index in [-0.39, 0.29) is 0 Å². The SMILES string of the molecule is [CH+]=C1[C@H](C(=O)OC)[C@H]1C(=O)OC. The molecule has 1 saturated carbocycles. The summed E-state index contributed by atoms with van der Waals surface area (Å²) in [5, 5.41) is 0. The monoisotopic (exact) mass is 169 g/mol. The summed E-state index contributed by atoms with van der Waals surface area (Å²) < 4.78 is 8.84. The third-order valence-electron chi connectivity index (χ3n) is 1.85. The van der Waals surface area contributed by atoms with Crippen molar-refractivity contribution in [3.63, 3.8) is 0 Å². The molecule has 0 aliphatic heterocycles. The Labute approximate surface area is 70.1 Å². The van der Waals surface area contributed by atoms with E-state index in [9.17, 15) is 9.59 Å². The molecule has 12 heavy (non-hydrogen) atoms. The zero-order chi connectivity index (χ0) is 9.30. The highest BCUT2D eigenvalue weighted by Crippen LogP contribution is 2.45. The minimum atomic E-state index is -0.595. The van der Waals surface area contributed by atoms with Crippen molar-refractivity contribution in [3.8, 4) is 0 Å². The molecule has 0 unspecified atom stereocenters. The number of methoxy groups -OCH3 is 2. The molecule has 0 saturated heterocycles. The van der Waals surface area contributed by atoms with Gasteiger partial charge in [-0.05, 0) is 0 Å². The topological polar surface area (TPSA) is 52.6 Å². The van der Waals surface area contributed by atoms with E-state index in [1.54, 1.807) is 0 Å². The van der Waals surface area contributed by atoms with Gasteiger partial charge in [0.1, 0.15) is 11.8 Å². The first-order chi connectivity index (χ1) is 5.63. The molecule has 0 bridgehead atoms. The lowest BCUT2D eigenvalue weighted by atomic mass is 10.3. The Kier molecular flexibility index (Phi) is 2.11. The highest BCUT2D eigenvalue weighted by atomic mass is 16.5. The van der Waals surface area contributed by atoms with Gasteiger partial charge in [0.15, 0.2) is 5.57 Å². The predicted octanol–water partition coefficient (Wildman–Crippen LogP) is -0.0622. The summed E-state index contributed by atoms with van der Waals surface area (Å²) in [6.07, 6.45) is 0. The molecule has 4 nitrogen and oxygen atoms in total. The van der Waals surface area contributed by atoms with Crippen LogP contribution in [0.15, 0.2) is 5.57 Å². The van der Waals surface area contributed by atoms with E-state index in [1.807, 2.05) is 0 Å². The minimum absolute atomic E-state index is 0.328. The second-order valence-electron chi connectivity index (χ2n) is 2.50. The van der Waals surface area contributed by atoms with Crippen LogP contribution < -0.4 is 0 Å². The van der Waals surface area contributed by atoms with Gasteiger partial charge >= 0.3 is 11.9 Å². The van der Waals surface area contributed by atoms with E-state index in [0.717, 1.165) is 0 Å². The molecule has 0 spiro atoms. The van der Waals surface area contributed by atoms with E-state index < -0.39 is 23.8 Å². The molecule has 1 aliphatic rings. The molecule has 0 N–H and O–H groups in total. The molecule has 1 aliphatic carbocycles. The van der Waals surface area contributed by atoms with Gasteiger partial charge in [-0.15, -0.1) is 0 Å². The van der Waals surface area contributed by atoms with Crippen molar-refractivity contribution in [2.24, 2.45) is 11.8 Å². The van der Waals surface area contributed by atoms with Crippen molar-refractivity contribution in [1.82, 2.24) is 0 Å². The zero-order valence-corrected chi connectivity index (χ0v) is 6.87. The lowest BCUT2D eigenvalue weighted by Crippen LogP contribution is -2.10. The minimum Gasteiger partial charge on any atom is -0.468 e. The van der Waals surface area contributed by atoms with Crippen molar-refractivity contribution in [1.29, 1.82) is 0 Å². The van der Waals surface area contributed by atoms with E-state index in [4.69, 9.17) is 6.58 Å². The molecule has 4 heteroatoms. The Morgan fingerprint density at radius 1 is 1.17 bits per heavy atom. The first kappa shape index (κ1) is 8.68. The van der Waals surface area contributed by atoms with Crippen LogP contribution in [0.25, 0.3) is 0 Å². The molecule has 0 aromatic rings. The molecule has 0 radical (unpaired) electrons. The first-order valence-corrected chi connectivity index (χ1v) is 3.41. The summed E-state index contributed by atoms with van der Waals surface area (Å²) in [6.45, 7) is 5.38. The Morgan fingerprint density at radius 2 is 1.50 bits per heavy atom. The van der Waals surface area contributed by atoms with E-state index in [2.05, 4.69) is 9.47 Å². The Hall–Kier alpha value is -1.41. The largest absolute Gasteiger partial charge is 0.468 e. The van der Waals surface area contributed by atoms with Crippen molar-refractivity contribution < 1.29 is 19.1 Å². The van der Waals surface area contributed by atoms with E-state index >= 15 is 0 Å². The summed E-state index contributed by atoms with van der Waals surface area (Å²) in [6, 6.07) is 0. The fourth-order valence-corrected chi connectivity index (χ4v) is 1.08. The van der Waals surface area contributed by atoms with Crippen LogP contribution in [0.2, 0.25) is 0 Å². The lowest BCUT2D eigenvalue weighted by molar-refractivity contribution is -0.148. The highest BCUT2D eigenvalue weighted by Gasteiger charge is 2.62. The number of carbonyl (C=O) groups excluding carboxylic acids is 2. The summed E-state index contributed by atoms with van der Waals surface area (Å²) >= 11 is 0. The van der Waals surface area contributed by atoms with Crippen molar-refractivity contribution >= 4 is 11.9 Å². The van der Waals surface area contributed by atoms with E-state index in [0.29, 0.717) is 5.57 Å². The standard InChI is InChI=1S/C8H9O4/c1-4-5(7(9)11-2)6(4)8(10)12-3/h1,5-6H,2-3H3/q+1/t5-,6-/m0/s1. The van der Waals surface area contributed by atoms with Crippen LogP contribution >= 0.6 is 0 Å². The van der Waals surface area contributed by atoms with Crippen molar-refractivity contribution in [2.45, 2.75) is 0 Å². The normalized spacial score (nSPS) is 26.2. The molecule has 0 aromatic carbocycles. The Bertz CT molecular complexity index is 219. The van der Waals surface area contributed by atoms with Gasteiger partial charge in [0, 0.05) is 0 Å². The van der Waals surface area contributed by atoms with Crippen molar-refractivity contribution in [3.05, 3.63) is 12.2 Å². The summed E-state index contributed by atoms with van der Waals surface area (Å²) in [5.74, 6) is -2.16. The maximum Gasteiger partial charge on any atom is 0.318 e. The molecular weight excluding hydrogens is 160 g/mol. The maximum atomic E-state index is 10.9. The quantitative estimate of drug-likeness (QED) is 0.429. The van der Waals surface area contributed by atoms with Crippen LogP contribution in [0.3, 0.4) is 0 Å². The van der Waals surface area contributed by atoms with Gasteiger partial charge in [0.05, 0.1) is 14.2 Å². The molecule has 0 heterocycles. The van der Waals surface area contributed by atoms with Gasteiger partial charge < -0.3 is 9.47 Å². The fourth-order valence-electron chi connectivity index (χ4n) is 1.08. The molecular formula is C8H9O4+. The van der Waals surface area contributed by atoms with Gasteiger partial charge in [0.25, 0.3) is 0 Å². The van der Waals surface area contributed by atoms with Crippen LogP contribution in [0.4, 0.5) is 0 Å². The van der Waals surface area contributed by atoms with E-state index in [1.165, 1.54) is 14.2 Å². The molecule has 0 amide bonds. The van der Waals surface area contributed by atoms with Crippen molar-refractivity contribution in [2.75, 3.05) is 14.2 Å². The number of esters is 2. The summed E-state index contributed by atoms with van der Waals surface area (Å²) in [7, 11) is 2.50. The smallest absolute Gasteiger partial charge is 0.318 e. The van der Waals surface area contributed by atoms with Crippen LogP contribution in [-0.4, -0.2) is 26.2 Å². The first-order valence-electron chi connectivity index (χ1n) is 3.41. The third-order valence-corrected chi connectivity index (χ3v) is 1.85. The van der Waals surface area contributed by atoms with Gasteiger partial charge in [-0.3, -0.25) is 9.59 Å². The molecule has 1 fully saturated rings. The highest BCUT2D eigenvalue weighted by molar-refractivity contribution is 5.94.